The van der Waals surface area contributed by atoms with Crippen LogP contribution in [0.3, 0.4) is 0 Å². The Hall–Kier alpha value is -1.46. The van der Waals surface area contributed by atoms with E-state index in [0.29, 0.717) is 30.0 Å². The first-order valence-electron chi connectivity index (χ1n) is 8.97. The molecule has 0 amide bonds. The van der Waals surface area contributed by atoms with Crippen LogP contribution in [-0.4, -0.2) is 34.4 Å². The number of hydrogen-bond donors (Lipinski definition) is 1. The number of Topliss-reactive ketones (excluding diaryl/α,β-unsaturated/α-hetero) is 1. The average Bonchev–Trinajstić information content (AvgIpc) is 2.86. The van der Waals surface area contributed by atoms with E-state index in [-0.39, 0.29) is 36.1 Å². The molecule has 2 fully saturated rings. The van der Waals surface area contributed by atoms with Crippen molar-refractivity contribution in [2.75, 3.05) is 6.54 Å². The molecule has 2 heterocycles. The molecule has 1 N–H and O–H groups in total. The lowest BCUT2D eigenvalue weighted by Crippen LogP contribution is -2.51. The second kappa shape index (κ2) is 7.88. The second-order valence-electron chi connectivity index (χ2n) is 7.43. The van der Waals surface area contributed by atoms with Gasteiger partial charge in [-0.1, -0.05) is 23.7 Å². The largest absolute Gasteiger partial charge is 0.385 e. The first-order valence-corrected chi connectivity index (χ1v) is 9.35. The van der Waals surface area contributed by atoms with E-state index < -0.39 is 5.60 Å². The maximum Gasteiger partial charge on any atom is 0.176 e. The van der Waals surface area contributed by atoms with Crippen LogP contribution < -0.4 is 0 Å². The molecule has 4 rings (SSSR count). The number of nitrogens with zero attached hydrogens (tertiary/aromatic N) is 1. The van der Waals surface area contributed by atoms with Gasteiger partial charge < -0.3 is 5.11 Å². The minimum absolute atomic E-state index is 0. The molecule has 0 spiro atoms. The molecule has 2 aliphatic rings. The molecule has 0 saturated carbocycles. The van der Waals surface area contributed by atoms with Crippen molar-refractivity contribution in [3.8, 4) is 0 Å². The molecule has 144 valence electrons. The van der Waals surface area contributed by atoms with Crippen molar-refractivity contribution in [3.63, 3.8) is 0 Å². The monoisotopic (exact) mass is 409 g/mol. The Morgan fingerprint density at radius 1 is 1.07 bits per heavy atom. The van der Waals surface area contributed by atoms with Crippen molar-refractivity contribution in [2.24, 2.45) is 0 Å². The van der Waals surface area contributed by atoms with Crippen molar-refractivity contribution in [3.05, 3.63) is 70.5 Å². The van der Waals surface area contributed by atoms with Gasteiger partial charge in [-0.3, -0.25) is 9.69 Å². The number of halogens is 3. The van der Waals surface area contributed by atoms with Crippen LogP contribution in [0.25, 0.3) is 0 Å². The molecule has 0 radical (unpaired) electrons. The summed E-state index contributed by atoms with van der Waals surface area (Å²) in [5.41, 5.74) is 0.555. The summed E-state index contributed by atoms with van der Waals surface area (Å²) in [6.45, 7) is 0.317. The predicted molar refractivity (Wildman–Crippen MR) is 106 cm³/mol. The zero-order valence-electron chi connectivity index (χ0n) is 14.8. The number of ketones is 1. The Morgan fingerprint density at radius 2 is 1.63 bits per heavy atom. The molecule has 2 aliphatic heterocycles. The highest BCUT2D eigenvalue weighted by Crippen LogP contribution is 2.45. The fourth-order valence-corrected chi connectivity index (χ4v) is 4.59. The summed E-state index contributed by atoms with van der Waals surface area (Å²) in [5.74, 6) is -0.341. The summed E-state index contributed by atoms with van der Waals surface area (Å²) in [6.07, 6.45) is 3.19. The van der Waals surface area contributed by atoms with Crippen LogP contribution >= 0.6 is 24.0 Å². The molecule has 3 nitrogen and oxygen atoms in total. The van der Waals surface area contributed by atoms with Crippen LogP contribution in [0.2, 0.25) is 5.02 Å². The van der Waals surface area contributed by atoms with Crippen molar-refractivity contribution < 1.29 is 14.3 Å². The Balaban J connectivity index is 0.00000210. The fourth-order valence-electron chi connectivity index (χ4n) is 4.46. The minimum atomic E-state index is -0.869. The molecule has 0 aliphatic carbocycles. The van der Waals surface area contributed by atoms with E-state index in [1.165, 1.54) is 24.3 Å². The second-order valence-corrected chi connectivity index (χ2v) is 7.87. The van der Waals surface area contributed by atoms with Crippen LogP contribution in [0.4, 0.5) is 4.39 Å². The fraction of sp³-hybridized carbons (Fsp3) is 0.381. The van der Waals surface area contributed by atoms with Crippen LogP contribution in [0.1, 0.15) is 41.6 Å². The molecule has 27 heavy (non-hydrogen) atoms. The van der Waals surface area contributed by atoms with Crippen molar-refractivity contribution in [1.82, 2.24) is 4.90 Å². The molecule has 2 unspecified atom stereocenters. The summed E-state index contributed by atoms with van der Waals surface area (Å²) in [4.78, 5) is 14.8. The van der Waals surface area contributed by atoms with E-state index in [1.54, 1.807) is 12.1 Å². The number of benzene rings is 2. The van der Waals surface area contributed by atoms with Gasteiger partial charge in [-0.25, -0.2) is 4.39 Å². The summed E-state index contributed by atoms with van der Waals surface area (Å²) in [6, 6.07) is 13.5. The van der Waals surface area contributed by atoms with Gasteiger partial charge in [-0.05, 0) is 67.6 Å². The van der Waals surface area contributed by atoms with Crippen molar-refractivity contribution in [1.29, 1.82) is 0 Å². The quantitative estimate of drug-likeness (QED) is 0.750. The maximum atomic E-state index is 13.1. The Bertz CT molecular complexity index is 796. The smallest absolute Gasteiger partial charge is 0.176 e. The molecule has 2 aromatic rings. The Morgan fingerprint density at radius 3 is 2.19 bits per heavy atom. The van der Waals surface area contributed by atoms with E-state index in [0.717, 1.165) is 18.4 Å². The average molecular weight is 410 g/mol. The SMILES string of the molecule is Cl.O=C(CN1C2CCC1CC(O)(c1ccc(Cl)cc1)C2)c1ccc(F)cc1. The Kier molecular flexibility index (Phi) is 5.92. The van der Waals surface area contributed by atoms with Gasteiger partial charge in [0.1, 0.15) is 5.82 Å². The Labute approximate surface area is 169 Å². The number of fused-ring (bicyclic) bond motifs is 2. The minimum Gasteiger partial charge on any atom is -0.385 e. The van der Waals surface area contributed by atoms with Gasteiger partial charge in [0, 0.05) is 22.7 Å². The van der Waals surface area contributed by atoms with Gasteiger partial charge in [0.25, 0.3) is 0 Å². The van der Waals surface area contributed by atoms with Gasteiger partial charge in [-0.2, -0.15) is 0 Å². The summed E-state index contributed by atoms with van der Waals surface area (Å²) >= 11 is 5.96. The number of rotatable bonds is 4. The van der Waals surface area contributed by atoms with Gasteiger partial charge in [0.15, 0.2) is 5.78 Å². The lowest BCUT2D eigenvalue weighted by Gasteiger charge is -2.43. The number of aliphatic hydroxyl groups is 1. The number of carbonyl (C=O) groups excluding carboxylic acids is 1. The number of carbonyl (C=O) groups is 1. The molecule has 2 bridgehead atoms. The molecule has 0 aromatic heterocycles. The van der Waals surface area contributed by atoms with E-state index in [4.69, 9.17) is 11.6 Å². The lowest BCUT2D eigenvalue weighted by atomic mass is 9.80. The normalized spacial score (nSPS) is 27.2. The van der Waals surface area contributed by atoms with Gasteiger partial charge in [0.2, 0.25) is 0 Å². The molecule has 2 saturated heterocycles. The highest BCUT2D eigenvalue weighted by Gasteiger charge is 2.48. The third kappa shape index (κ3) is 4.04. The zero-order chi connectivity index (χ0) is 18.3. The molecular weight excluding hydrogens is 388 g/mol. The van der Waals surface area contributed by atoms with Crippen LogP contribution in [0, 0.1) is 5.82 Å². The van der Waals surface area contributed by atoms with Crippen molar-refractivity contribution >= 4 is 29.8 Å². The summed E-state index contributed by atoms with van der Waals surface area (Å²) in [7, 11) is 0. The van der Waals surface area contributed by atoms with Crippen molar-refractivity contribution in [2.45, 2.75) is 43.4 Å². The highest BCUT2D eigenvalue weighted by atomic mass is 35.5. The molecule has 2 atom stereocenters. The highest BCUT2D eigenvalue weighted by molar-refractivity contribution is 6.30. The zero-order valence-corrected chi connectivity index (χ0v) is 16.3. The summed E-state index contributed by atoms with van der Waals surface area (Å²) in [5, 5.41) is 11.9. The topological polar surface area (TPSA) is 40.5 Å². The van der Waals surface area contributed by atoms with Gasteiger partial charge >= 0.3 is 0 Å². The van der Waals surface area contributed by atoms with E-state index in [1.807, 2.05) is 12.1 Å². The van der Waals surface area contributed by atoms with Crippen LogP contribution in [0.5, 0.6) is 0 Å². The maximum absolute atomic E-state index is 13.1. The van der Waals surface area contributed by atoms with Gasteiger partial charge in [-0.15, -0.1) is 12.4 Å². The van der Waals surface area contributed by atoms with Crippen LogP contribution in [-0.2, 0) is 5.60 Å². The predicted octanol–water partition coefficient (Wildman–Crippen LogP) is 4.60. The standard InChI is InChI=1S/C21H21ClFNO2.ClH/c22-16-5-3-15(4-6-16)21(26)11-18-9-10-19(12-21)24(18)13-20(25)14-1-7-17(23)8-2-14;/h1-8,18-19,26H,9-13H2;1H. The molecular formula is C21H22Cl2FNO2. The van der Waals surface area contributed by atoms with E-state index in [2.05, 4.69) is 4.90 Å². The molecule has 2 aromatic carbocycles. The summed E-state index contributed by atoms with van der Waals surface area (Å²) < 4.78 is 13.1. The third-order valence-corrected chi connectivity index (χ3v) is 6.04. The van der Waals surface area contributed by atoms with Gasteiger partial charge in [0.05, 0.1) is 12.1 Å². The first-order chi connectivity index (χ1) is 12.4. The van der Waals surface area contributed by atoms with Crippen LogP contribution in [0.15, 0.2) is 48.5 Å². The lowest BCUT2D eigenvalue weighted by molar-refractivity contribution is -0.0545. The number of hydrogen-bond acceptors (Lipinski definition) is 3. The molecule has 6 heteroatoms. The third-order valence-electron chi connectivity index (χ3n) is 5.79. The number of piperidine rings is 1. The first kappa shape index (κ1) is 20.3. The van der Waals surface area contributed by atoms with E-state index in [9.17, 15) is 14.3 Å². The van der Waals surface area contributed by atoms with E-state index >= 15 is 0 Å².